The third kappa shape index (κ3) is 9.03. The van der Waals surface area contributed by atoms with E-state index in [4.69, 9.17) is 0 Å². The summed E-state index contributed by atoms with van der Waals surface area (Å²) in [6.45, 7) is 2.31. The van der Waals surface area contributed by atoms with E-state index < -0.39 is 0 Å². The molecule has 212 valence electrons. The van der Waals surface area contributed by atoms with Gasteiger partial charge in [0.05, 0.1) is 6.42 Å². The highest BCUT2D eigenvalue weighted by Gasteiger charge is 2.17. The molecular weight excluding hydrogens is 578 g/mol. The quantitative estimate of drug-likeness (QED) is 0.208. The van der Waals surface area contributed by atoms with Crippen LogP contribution in [0.1, 0.15) is 27.0 Å². The van der Waals surface area contributed by atoms with Crippen molar-refractivity contribution >= 4 is 27.7 Å². The lowest BCUT2D eigenvalue weighted by molar-refractivity contribution is -0.131. The van der Waals surface area contributed by atoms with Gasteiger partial charge in [0.15, 0.2) is 0 Å². The second-order valence-corrected chi connectivity index (χ2v) is 11.3. The fourth-order valence-corrected chi connectivity index (χ4v) is 4.85. The molecule has 0 aromatic heterocycles. The average Bonchev–Trinajstić information content (AvgIpc) is 2.97. The van der Waals surface area contributed by atoms with Crippen molar-refractivity contribution in [2.75, 3.05) is 33.7 Å². The normalized spacial score (nSPS) is 10.9. The third-order valence-electron chi connectivity index (χ3n) is 6.86. The fraction of sp³-hybridized carbons (Fsp3) is 0.235. The van der Waals surface area contributed by atoms with Gasteiger partial charge in [-0.3, -0.25) is 9.59 Å². The number of likely N-dealkylation sites (N-methyl/N-ethyl adjacent to an activating group) is 1. The van der Waals surface area contributed by atoms with Crippen LogP contribution in [0.25, 0.3) is 11.1 Å². The highest BCUT2D eigenvalue weighted by Crippen LogP contribution is 2.25. The van der Waals surface area contributed by atoms with Gasteiger partial charge in [0.25, 0.3) is 5.91 Å². The Labute approximate surface area is 250 Å². The van der Waals surface area contributed by atoms with Crippen LogP contribution in [0.15, 0.2) is 102 Å². The van der Waals surface area contributed by atoms with E-state index in [0.717, 1.165) is 38.8 Å². The molecule has 0 radical (unpaired) electrons. The molecule has 7 heteroatoms. The number of carbonyl (C=O) groups is 2. The van der Waals surface area contributed by atoms with E-state index in [1.54, 1.807) is 12.1 Å². The summed E-state index contributed by atoms with van der Waals surface area (Å²) < 4.78 is 0.973. The number of nitrogens with one attached hydrogen (secondary N) is 1. The molecule has 0 unspecified atom stereocenters. The molecule has 4 rings (SSSR count). The molecule has 6 nitrogen and oxygen atoms in total. The third-order valence-corrected chi connectivity index (χ3v) is 7.38. The van der Waals surface area contributed by atoms with Crippen molar-refractivity contribution < 1.29 is 14.7 Å². The van der Waals surface area contributed by atoms with Gasteiger partial charge in [-0.15, -0.1) is 0 Å². The van der Waals surface area contributed by atoms with Crippen LogP contribution in [0.2, 0.25) is 0 Å². The first kappa shape index (κ1) is 30.0. The first-order valence-electron chi connectivity index (χ1n) is 13.7. The monoisotopic (exact) mass is 613 g/mol. The van der Waals surface area contributed by atoms with E-state index in [1.165, 1.54) is 0 Å². The van der Waals surface area contributed by atoms with E-state index in [2.05, 4.69) is 27.3 Å². The Morgan fingerprint density at radius 3 is 2.24 bits per heavy atom. The molecule has 0 fully saturated rings. The maximum atomic E-state index is 13.5. The van der Waals surface area contributed by atoms with Crippen LogP contribution >= 0.6 is 15.9 Å². The highest BCUT2D eigenvalue weighted by atomic mass is 79.9. The summed E-state index contributed by atoms with van der Waals surface area (Å²) in [7, 11) is 3.95. The molecule has 2 N–H and O–H groups in total. The van der Waals surface area contributed by atoms with E-state index in [1.807, 2.05) is 103 Å². The predicted molar refractivity (Wildman–Crippen MR) is 168 cm³/mol. The molecular formula is C34H36BrN3O3. The first-order chi connectivity index (χ1) is 19.8. The van der Waals surface area contributed by atoms with Gasteiger partial charge in [-0.25, -0.2) is 0 Å². The smallest absolute Gasteiger partial charge is 0.251 e. The molecule has 4 aromatic carbocycles. The number of rotatable bonds is 12. The molecule has 0 aliphatic heterocycles. The summed E-state index contributed by atoms with van der Waals surface area (Å²) in [6.07, 6.45) is 0.973. The summed E-state index contributed by atoms with van der Waals surface area (Å²) in [6, 6.07) is 30.6. The molecule has 0 saturated heterocycles. The van der Waals surface area contributed by atoms with Crippen molar-refractivity contribution in [3.05, 3.63) is 124 Å². The molecule has 0 aliphatic rings. The number of phenolic OH excluding ortho intramolecular Hbond substituents is 1. The van der Waals surface area contributed by atoms with Crippen molar-refractivity contribution in [3.63, 3.8) is 0 Å². The lowest BCUT2D eigenvalue weighted by Crippen LogP contribution is -2.33. The largest absolute Gasteiger partial charge is 0.508 e. The maximum Gasteiger partial charge on any atom is 0.251 e. The Hall–Kier alpha value is -3.94. The molecule has 4 aromatic rings. The zero-order valence-corrected chi connectivity index (χ0v) is 25.1. The van der Waals surface area contributed by atoms with Crippen LogP contribution in [-0.2, 0) is 24.2 Å². The first-order valence-corrected chi connectivity index (χ1v) is 14.5. The summed E-state index contributed by atoms with van der Waals surface area (Å²) in [4.78, 5) is 30.5. The van der Waals surface area contributed by atoms with E-state index >= 15 is 0 Å². The minimum atomic E-state index is -0.104. The molecule has 41 heavy (non-hydrogen) atoms. The van der Waals surface area contributed by atoms with Crippen molar-refractivity contribution in [2.45, 2.75) is 19.4 Å². The van der Waals surface area contributed by atoms with Crippen LogP contribution in [-0.4, -0.2) is 60.5 Å². The van der Waals surface area contributed by atoms with Crippen LogP contribution in [0.5, 0.6) is 5.75 Å². The Morgan fingerprint density at radius 2 is 1.51 bits per heavy atom. The van der Waals surface area contributed by atoms with E-state index in [0.29, 0.717) is 38.0 Å². The fourth-order valence-electron chi connectivity index (χ4n) is 4.59. The molecule has 0 aliphatic carbocycles. The van der Waals surface area contributed by atoms with Crippen molar-refractivity contribution in [2.24, 2.45) is 0 Å². The van der Waals surface area contributed by atoms with Gasteiger partial charge in [0.2, 0.25) is 5.91 Å². The van der Waals surface area contributed by atoms with Gasteiger partial charge >= 0.3 is 0 Å². The standard InChI is InChI=1S/C34H36BrN3O3/c1-37(2)21-19-36-34(41)32-9-4-3-8-31(32)28-7-5-6-27(22-28)24-38(20-18-25-12-16-30(39)17-13-25)33(40)23-26-10-14-29(35)15-11-26/h3-17,22,39H,18-21,23-24H2,1-2H3,(H,36,41). The Balaban J connectivity index is 1.54. The van der Waals surface area contributed by atoms with Crippen LogP contribution in [0, 0.1) is 0 Å². The summed E-state index contributed by atoms with van der Waals surface area (Å²) in [5.74, 6) is 0.158. The summed E-state index contributed by atoms with van der Waals surface area (Å²) in [5.41, 5.74) is 5.40. The molecule has 0 atom stereocenters. The van der Waals surface area contributed by atoms with Crippen LogP contribution in [0.3, 0.4) is 0 Å². The zero-order valence-electron chi connectivity index (χ0n) is 23.5. The van der Waals surface area contributed by atoms with E-state index in [9.17, 15) is 14.7 Å². The number of benzene rings is 4. The Morgan fingerprint density at radius 1 is 0.805 bits per heavy atom. The highest BCUT2D eigenvalue weighted by molar-refractivity contribution is 9.10. The number of phenols is 1. The Bertz CT molecular complexity index is 1450. The van der Waals surface area contributed by atoms with Gasteiger partial charge in [0, 0.05) is 36.2 Å². The summed E-state index contributed by atoms with van der Waals surface area (Å²) >= 11 is 3.46. The van der Waals surface area contributed by atoms with Gasteiger partial charge in [-0.05, 0) is 84.7 Å². The van der Waals surface area contributed by atoms with Crippen LogP contribution in [0.4, 0.5) is 0 Å². The number of halogens is 1. The lowest BCUT2D eigenvalue weighted by atomic mass is 9.97. The molecule has 2 amide bonds. The molecule has 0 bridgehead atoms. The summed E-state index contributed by atoms with van der Waals surface area (Å²) in [5, 5.41) is 12.7. The number of hydrogen-bond acceptors (Lipinski definition) is 4. The van der Waals surface area contributed by atoms with E-state index in [-0.39, 0.29) is 17.6 Å². The minimum absolute atomic E-state index is 0.0390. The Kier molecular flexibility index (Phi) is 10.7. The van der Waals surface area contributed by atoms with Gasteiger partial charge in [0.1, 0.15) is 5.75 Å². The lowest BCUT2D eigenvalue weighted by Gasteiger charge is -2.24. The molecule has 0 saturated carbocycles. The maximum absolute atomic E-state index is 13.5. The van der Waals surface area contributed by atoms with Crippen molar-refractivity contribution in [3.8, 4) is 16.9 Å². The van der Waals surface area contributed by atoms with Gasteiger partial charge in [-0.2, -0.15) is 0 Å². The van der Waals surface area contributed by atoms with Gasteiger partial charge < -0.3 is 20.2 Å². The molecule has 0 heterocycles. The number of amides is 2. The number of aromatic hydroxyl groups is 1. The topological polar surface area (TPSA) is 72.9 Å². The number of nitrogens with zero attached hydrogens (tertiary/aromatic N) is 2. The number of hydrogen-bond donors (Lipinski definition) is 2. The second kappa shape index (κ2) is 14.6. The number of carbonyl (C=O) groups excluding carboxylic acids is 2. The predicted octanol–water partition coefficient (Wildman–Crippen LogP) is 5.93. The zero-order chi connectivity index (χ0) is 29.2. The average molecular weight is 615 g/mol. The second-order valence-electron chi connectivity index (χ2n) is 10.3. The van der Waals surface area contributed by atoms with Crippen molar-refractivity contribution in [1.29, 1.82) is 0 Å². The van der Waals surface area contributed by atoms with Gasteiger partial charge in [-0.1, -0.05) is 76.6 Å². The SMILES string of the molecule is CN(C)CCNC(=O)c1ccccc1-c1cccc(CN(CCc2ccc(O)cc2)C(=O)Cc2ccc(Br)cc2)c1. The minimum Gasteiger partial charge on any atom is -0.508 e. The van der Waals surface area contributed by atoms with Crippen molar-refractivity contribution in [1.82, 2.24) is 15.1 Å². The van der Waals surface area contributed by atoms with Crippen LogP contribution < -0.4 is 5.32 Å². The molecule has 0 spiro atoms.